The minimum absolute atomic E-state index is 0.0433. The molecule has 0 unspecified atom stereocenters. The predicted octanol–water partition coefficient (Wildman–Crippen LogP) is 3.40. The van der Waals surface area contributed by atoms with E-state index in [9.17, 15) is 19.7 Å². The highest BCUT2D eigenvalue weighted by atomic mass is 16.6. The van der Waals surface area contributed by atoms with Crippen LogP contribution in [0, 0.1) is 16.0 Å². The summed E-state index contributed by atoms with van der Waals surface area (Å²) in [7, 11) is 0. The first-order valence-corrected chi connectivity index (χ1v) is 8.50. The van der Waals surface area contributed by atoms with Crippen molar-refractivity contribution >= 4 is 17.7 Å². The lowest BCUT2D eigenvalue weighted by atomic mass is 9.96. The van der Waals surface area contributed by atoms with Crippen LogP contribution < -0.4 is 0 Å². The topological polar surface area (TPSA) is 99.0 Å². The number of nitro benzene ring substituents is 1. The van der Waals surface area contributed by atoms with E-state index in [-0.39, 0.29) is 29.4 Å². The van der Waals surface area contributed by atoms with Crippen LogP contribution in [0.15, 0.2) is 24.3 Å². The number of carbonyl (C=O) groups excluding carboxylic acids is 2. The molecule has 0 radical (unpaired) electrons. The number of amides is 1. The molecular weight excluding hydrogens is 340 g/mol. The third kappa shape index (κ3) is 5.18. The molecule has 8 nitrogen and oxygen atoms in total. The SMILES string of the molecule is C[C@@H]1CN(C(=O)OC(C)(C)C)CC[C@@H]1OC(=O)c1ccc([N+](=O)[O-])cc1. The van der Waals surface area contributed by atoms with Gasteiger partial charge in [-0.2, -0.15) is 0 Å². The highest BCUT2D eigenvalue weighted by Gasteiger charge is 2.33. The number of piperidine rings is 1. The van der Waals surface area contributed by atoms with Crippen LogP contribution in [0.5, 0.6) is 0 Å². The van der Waals surface area contributed by atoms with Crippen LogP contribution in [-0.2, 0) is 9.47 Å². The van der Waals surface area contributed by atoms with Gasteiger partial charge in [0, 0.05) is 37.6 Å². The number of nitrogens with zero attached hydrogens (tertiary/aromatic N) is 2. The van der Waals surface area contributed by atoms with Gasteiger partial charge in [-0.3, -0.25) is 10.1 Å². The highest BCUT2D eigenvalue weighted by molar-refractivity contribution is 5.89. The molecular formula is C18H24N2O6. The Balaban J connectivity index is 1.92. The summed E-state index contributed by atoms with van der Waals surface area (Å²) in [6.45, 7) is 8.22. The van der Waals surface area contributed by atoms with Crippen molar-refractivity contribution < 1.29 is 24.0 Å². The second-order valence-corrected chi connectivity index (χ2v) is 7.44. The molecule has 1 heterocycles. The quantitative estimate of drug-likeness (QED) is 0.463. The van der Waals surface area contributed by atoms with E-state index in [2.05, 4.69) is 0 Å². The Hall–Kier alpha value is -2.64. The Morgan fingerprint density at radius 1 is 1.23 bits per heavy atom. The molecule has 1 aromatic carbocycles. The highest BCUT2D eigenvalue weighted by Crippen LogP contribution is 2.23. The second-order valence-electron chi connectivity index (χ2n) is 7.44. The number of benzene rings is 1. The number of non-ortho nitro benzene ring substituents is 1. The molecule has 1 fully saturated rings. The molecule has 1 aliphatic heterocycles. The average molecular weight is 364 g/mol. The van der Waals surface area contributed by atoms with Crippen LogP contribution in [0.2, 0.25) is 0 Å². The molecule has 142 valence electrons. The van der Waals surface area contributed by atoms with E-state index in [4.69, 9.17) is 9.47 Å². The smallest absolute Gasteiger partial charge is 0.410 e. The molecule has 2 rings (SSSR count). The first-order valence-electron chi connectivity index (χ1n) is 8.50. The van der Waals surface area contributed by atoms with Gasteiger partial charge >= 0.3 is 12.1 Å². The van der Waals surface area contributed by atoms with Gasteiger partial charge in [0.1, 0.15) is 11.7 Å². The van der Waals surface area contributed by atoms with Crippen molar-refractivity contribution in [2.75, 3.05) is 13.1 Å². The number of likely N-dealkylation sites (tertiary alicyclic amines) is 1. The van der Waals surface area contributed by atoms with Crippen molar-refractivity contribution in [3.63, 3.8) is 0 Å². The zero-order valence-electron chi connectivity index (χ0n) is 15.4. The monoisotopic (exact) mass is 364 g/mol. The normalized spacial score (nSPS) is 20.4. The van der Waals surface area contributed by atoms with Gasteiger partial charge in [0.05, 0.1) is 10.5 Å². The first kappa shape index (κ1) is 19.7. The fourth-order valence-electron chi connectivity index (χ4n) is 2.72. The van der Waals surface area contributed by atoms with Crippen LogP contribution in [0.25, 0.3) is 0 Å². The van der Waals surface area contributed by atoms with Crippen molar-refractivity contribution in [2.45, 2.75) is 45.8 Å². The maximum absolute atomic E-state index is 12.2. The van der Waals surface area contributed by atoms with E-state index < -0.39 is 16.5 Å². The molecule has 0 N–H and O–H groups in total. The number of hydrogen-bond donors (Lipinski definition) is 0. The van der Waals surface area contributed by atoms with E-state index in [1.54, 1.807) is 4.90 Å². The molecule has 0 saturated carbocycles. The Labute approximate surface area is 152 Å². The largest absolute Gasteiger partial charge is 0.458 e. The van der Waals surface area contributed by atoms with Gasteiger partial charge in [0.25, 0.3) is 5.69 Å². The number of esters is 1. The number of carbonyl (C=O) groups is 2. The minimum atomic E-state index is -0.556. The molecule has 1 amide bonds. The van der Waals surface area contributed by atoms with Crippen LogP contribution in [0.4, 0.5) is 10.5 Å². The van der Waals surface area contributed by atoms with E-state index >= 15 is 0 Å². The third-order valence-corrected chi connectivity index (χ3v) is 4.05. The van der Waals surface area contributed by atoms with Crippen molar-refractivity contribution in [1.29, 1.82) is 0 Å². The standard InChI is InChI=1S/C18H24N2O6/c1-12-11-19(17(22)26-18(2,3)4)10-9-15(12)25-16(21)13-5-7-14(8-6-13)20(23)24/h5-8,12,15H,9-11H2,1-4H3/t12-,15+/m1/s1. The molecule has 2 atom stereocenters. The summed E-state index contributed by atoms with van der Waals surface area (Å²) in [5.41, 5.74) is -0.377. The summed E-state index contributed by atoms with van der Waals surface area (Å²) in [6.07, 6.45) is -0.181. The number of rotatable bonds is 3. The van der Waals surface area contributed by atoms with Gasteiger partial charge in [0.2, 0.25) is 0 Å². The summed E-state index contributed by atoms with van der Waals surface area (Å²) in [5.74, 6) is -0.569. The van der Waals surface area contributed by atoms with E-state index in [0.29, 0.717) is 19.5 Å². The fraction of sp³-hybridized carbons (Fsp3) is 0.556. The van der Waals surface area contributed by atoms with Gasteiger partial charge in [-0.15, -0.1) is 0 Å². The Morgan fingerprint density at radius 2 is 1.85 bits per heavy atom. The molecule has 0 bridgehead atoms. The number of hydrogen-bond acceptors (Lipinski definition) is 6. The van der Waals surface area contributed by atoms with Gasteiger partial charge in [0.15, 0.2) is 0 Å². The Morgan fingerprint density at radius 3 is 2.35 bits per heavy atom. The molecule has 1 aromatic rings. The number of ether oxygens (including phenoxy) is 2. The molecule has 26 heavy (non-hydrogen) atoms. The van der Waals surface area contributed by atoms with Crippen LogP contribution in [0.1, 0.15) is 44.5 Å². The van der Waals surface area contributed by atoms with Crippen LogP contribution >= 0.6 is 0 Å². The lowest BCUT2D eigenvalue weighted by Gasteiger charge is -2.37. The maximum Gasteiger partial charge on any atom is 0.410 e. The van der Waals surface area contributed by atoms with Crippen LogP contribution in [-0.4, -0.2) is 46.7 Å². The average Bonchev–Trinajstić information content (AvgIpc) is 2.55. The zero-order chi connectivity index (χ0) is 19.5. The summed E-state index contributed by atoms with van der Waals surface area (Å²) in [4.78, 5) is 36.1. The fourth-order valence-corrected chi connectivity index (χ4v) is 2.72. The molecule has 1 saturated heterocycles. The molecule has 1 aliphatic rings. The van der Waals surface area contributed by atoms with E-state index in [1.807, 2.05) is 27.7 Å². The lowest BCUT2D eigenvalue weighted by Crippen LogP contribution is -2.48. The third-order valence-electron chi connectivity index (χ3n) is 4.05. The van der Waals surface area contributed by atoms with Gasteiger partial charge in [-0.05, 0) is 32.9 Å². The van der Waals surface area contributed by atoms with Crippen LogP contribution in [0.3, 0.4) is 0 Å². The summed E-state index contributed by atoms with van der Waals surface area (Å²) in [6, 6.07) is 5.29. The van der Waals surface area contributed by atoms with E-state index in [0.717, 1.165) is 0 Å². The predicted molar refractivity (Wildman–Crippen MR) is 93.9 cm³/mol. The zero-order valence-corrected chi connectivity index (χ0v) is 15.4. The summed E-state index contributed by atoms with van der Waals surface area (Å²) < 4.78 is 10.9. The first-order chi connectivity index (χ1) is 12.1. The Kier molecular flexibility index (Phi) is 5.84. The molecule has 8 heteroatoms. The second kappa shape index (κ2) is 7.72. The van der Waals surface area contributed by atoms with Crippen molar-refractivity contribution in [3.8, 4) is 0 Å². The summed E-state index contributed by atoms with van der Waals surface area (Å²) in [5, 5.41) is 10.7. The Bertz CT molecular complexity index is 680. The van der Waals surface area contributed by atoms with Gasteiger partial charge in [-0.25, -0.2) is 9.59 Å². The van der Waals surface area contributed by atoms with Crippen molar-refractivity contribution in [2.24, 2.45) is 5.92 Å². The summed E-state index contributed by atoms with van der Waals surface area (Å²) >= 11 is 0. The maximum atomic E-state index is 12.2. The van der Waals surface area contributed by atoms with Gasteiger partial charge in [-0.1, -0.05) is 6.92 Å². The molecule has 0 aromatic heterocycles. The number of nitro groups is 1. The minimum Gasteiger partial charge on any atom is -0.458 e. The lowest BCUT2D eigenvalue weighted by molar-refractivity contribution is -0.384. The molecule has 0 spiro atoms. The van der Waals surface area contributed by atoms with E-state index in [1.165, 1.54) is 24.3 Å². The molecule has 0 aliphatic carbocycles. The van der Waals surface area contributed by atoms with Gasteiger partial charge < -0.3 is 14.4 Å². The van der Waals surface area contributed by atoms with Crippen molar-refractivity contribution in [1.82, 2.24) is 4.90 Å². The van der Waals surface area contributed by atoms with Crippen molar-refractivity contribution in [3.05, 3.63) is 39.9 Å².